The summed E-state index contributed by atoms with van der Waals surface area (Å²) in [5.41, 5.74) is 2.45. The van der Waals surface area contributed by atoms with Crippen LogP contribution in [-0.4, -0.2) is 55.6 Å². The molecule has 1 saturated heterocycles. The van der Waals surface area contributed by atoms with Gasteiger partial charge in [-0.25, -0.2) is 0 Å². The molecule has 1 aromatic rings. The predicted octanol–water partition coefficient (Wildman–Crippen LogP) is 2.18. The lowest BCUT2D eigenvalue weighted by molar-refractivity contribution is -0.122. The van der Waals surface area contributed by atoms with Crippen LogP contribution in [0, 0.1) is 0 Å². The van der Waals surface area contributed by atoms with Crippen LogP contribution in [0.1, 0.15) is 12.5 Å². The lowest BCUT2D eigenvalue weighted by Gasteiger charge is -2.16. The van der Waals surface area contributed by atoms with Crippen LogP contribution in [-0.2, 0) is 4.79 Å². The monoisotopic (exact) mass is 319 g/mol. The van der Waals surface area contributed by atoms with Crippen LogP contribution in [0.4, 0.5) is 5.69 Å². The highest BCUT2D eigenvalue weighted by Gasteiger charge is 2.34. The van der Waals surface area contributed by atoms with Crippen molar-refractivity contribution in [2.45, 2.75) is 6.92 Å². The summed E-state index contributed by atoms with van der Waals surface area (Å²) in [6.07, 6.45) is 1.82. The van der Waals surface area contributed by atoms with Crippen LogP contribution in [0.25, 0.3) is 6.08 Å². The molecule has 0 bridgehead atoms. The lowest BCUT2D eigenvalue weighted by atomic mass is 10.1. The fraction of sp³-hybridized carbons (Fsp3) is 0.375. The van der Waals surface area contributed by atoms with Gasteiger partial charge >= 0.3 is 0 Å². The third kappa shape index (κ3) is 2.78. The van der Waals surface area contributed by atoms with Crippen molar-refractivity contribution in [1.29, 1.82) is 0 Å². The number of methoxy groups -OCH3 is 1. The number of ether oxygens (including phenoxy) is 1. The van der Waals surface area contributed by atoms with E-state index in [1.165, 1.54) is 0 Å². The minimum absolute atomic E-state index is 0.0752. The van der Waals surface area contributed by atoms with E-state index in [2.05, 4.69) is 0 Å². The molecule has 0 aromatic heterocycles. The molecule has 1 amide bonds. The van der Waals surface area contributed by atoms with Crippen molar-refractivity contribution >= 4 is 35.0 Å². The maximum absolute atomic E-state index is 12.4. The van der Waals surface area contributed by atoms with E-state index in [1.54, 1.807) is 16.9 Å². The third-order valence-corrected chi connectivity index (χ3v) is 4.18. The van der Waals surface area contributed by atoms with E-state index >= 15 is 0 Å². The highest BCUT2D eigenvalue weighted by molar-refractivity contribution is 7.80. The summed E-state index contributed by atoms with van der Waals surface area (Å²) >= 11 is 5.30. The van der Waals surface area contributed by atoms with Gasteiger partial charge in [-0.1, -0.05) is 0 Å². The van der Waals surface area contributed by atoms with Gasteiger partial charge in [0.2, 0.25) is 0 Å². The van der Waals surface area contributed by atoms with Gasteiger partial charge in [-0.3, -0.25) is 9.69 Å². The Hall–Kier alpha value is -2.08. The number of hydrogen-bond acceptors (Lipinski definition) is 4. The molecule has 5 nitrogen and oxygen atoms in total. The normalized spacial score (nSPS) is 16.7. The van der Waals surface area contributed by atoms with Crippen LogP contribution >= 0.6 is 12.2 Å². The molecule has 1 fully saturated rings. The van der Waals surface area contributed by atoms with E-state index in [9.17, 15) is 4.79 Å². The van der Waals surface area contributed by atoms with Crippen LogP contribution in [0.15, 0.2) is 23.9 Å². The number of anilines is 1. The van der Waals surface area contributed by atoms with Crippen LogP contribution < -0.4 is 9.64 Å². The van der Waals surface area contributed by atoms with Gasteiger partial charge in [-0.2, -0.15) is 0 Å². The molecule has 0 radical (unpaired) electrons. The first kappa shape index (κ1) is 16.3. The van der Waals surface area contributed by atoms with Crippen molar-refractivity contribution in [3.8, 4) is 5.75 Å². The van der Waals surface area contributed by atoms with Crippen molar-refractivity contribution in [3.05, 3.63) is 29.5 Å². The molecule has 0 saturated carbocycles. The topological polar surface area (TPSA) is 36.0 Å². The van der Waals surface area contributed by atoms with Gasteiger partial charge in [-0.05, 0) is 37.4 Å². The predicted molar refractivity (Wildman–Crippen MR) is 93.0 cm³/mol. The number of likely N-dealkylation sites (N-methyl/N-ethyl adjacent to an activating group) is 2. The van der Waals surface area contributed by atoms with Crippen molar-refractivity contribution in [3.63, 3.8) is 0 Å². The van der Waals surface area contributed by atoms with Gasteiger partial charge in [0.1, 0.15) is 11.4 Å². The lowest BCUT2D eigenvalue weighted by Crippen LogP contribution is -2.30. The summed E-state index contributed by atoms with van der Waals surface area (Å²) in [6, 6.07) is 5.88. The summed E-state index contributed by atoms with van der Waals surface area (Å²) in [4.78, 5) is 17.7. The molecule has 0 spiro atoms. The SMILES string of the molecule is CCN1C(=O)C(=Cc2ccc(N(C)C)cc2OC)N(C)C1=S. The summed E-state index contributed by atoms with van der Waals surface area (Å²) < 4.78 is 5.45. The van der Waals surface area contributed by atoms with E-state index in [0.717, 1.165) is 17.0 Å². The Balaban J connectivity index is 2.45. The zero-order chi connectivity index (χ0) is 16.4. The highest BCUT2D eigenvalue weighted by atomic mass is 32.1. The van der Waals surface area contributed by atoms with E-state index in [1.807, 2.05) is 57.2 Å². The van der Waals surface area contributed by atoms with Crippen LogP contribution in [0.3, 0.4) is 0 Å². The van der Waals surface area contributed by atoms with Gasteiger partial charge in [0.15, 0.2) is 5.11 Å². The number of amides is 1. The molecule has 0 atom stereocenters. The fourth-order valence-electron chi connectivity index (χ4n) is 2.33. The Morgan fingerprint density at radius 2 is 2.05 bits per heavy atom. The minimum atomic E-state index is -0.0752. The van der Waals surface area contributed by atoms with Crippen molar-refractivity contribution in [1.82, 2.24) is 9.80 Å². The molecule has 0 unspecified atom stereocenters. The molecule has 0 N–H and O–H groups in total. The van der Waals surface area contributed by atoms with Gasteiger partial charge < -0.3 is 14.5 Å². The Morgan fingerprint density at radius 3 is 2.55 bits per heavy atom. The van der Waals surface area contributed by atoms with Gasteiger partial charge in [0.05, 0.1) is 7.11 Å². The van der Waals surface area contributed by atoms with Crippen molar-refractivity contribution in [2.75, 3.05) is 39.7 Å². The fourth-order valence-corrected chi connectivity index (χ4v) is 2.65. The van der Waals surface area contributed by atoms with E-state index in [-0.39, 0.29) is 5.91 Å². The first-order valence-corrected chi connectivity index (χ1v) is 7.48. The average molecular weight is 319 g/mol. The zero-order valence-electron chi connectivity index (χ0n) is 13.6. The van der Waals surface area contributed by atoms with Crippen LogP contribution in [0.5, 0.6) is 5.75 Å². The second kappa shape index (κ2) is 6.36. The van der Waals surface area contributed by atoms with Gasteiger partial charge in [-0.15, -0.1) is 0 Å². The summed E-state index contributed by atoms with van der Waals surface area (Å²) in [5.74, 6) is 0.648. The van der Waals surface area contributed by atoms with Gasteiger partial charge in [0.25, 0.3) is 5.91 Å². The molecule has 0 aliphatic carbocycles. The largest absolute Gasteiger partial charge is 0.496 e. The Labute approximate surface area is 136 Å². The molecule has 22 heavy (non-hydrogen) atoms. The molecule has 6 heteroatoms. The molecule has 2 rings (SSSR count). The number of nitrogens with zero attached hydrogens (tertiary/aromatic N) is 3. The Kier molecular flexibility index (Phi) is 4.71. The quantitative estimate of drug-likeness (QED) is 0.628. The maximum atomic E-state index is 12.4. The maximum Gasteiger partial charge on any atom is 0.276 e. The smallest absolute Gasteiger partial charge is 0.276 e. The van der Waals surface area contributed by atoms with Gasteiger partial charge in [0, 0.05) is 45.0 Å². The number of carbonyl (C=O) groups excluding carboxylic acids is 1. The highest BCUT2D eigenvalue weighted by Crippen LogP contribution is 2.29. The summed E-state index contributed by atoms with van der Waals surface area (Å²) in [7, 11) is 7.37. The molecule has 1 aliphatic rings. The summed E-state index contributed by atoms with van der Waals surface area (Å²) in [5, 5.41) is 0.530. The third-order valence-electron chi connectivity index (χ3n) is 3.69. The first-order chi connectivity index (χ1) is 10.4. The second-order valence-corrected chi connectivity index (χ2v) is 5.61. The molecule has 1 heterocycles. The number of rotatable bonds is 4. The molecule has 118 valence electrons. The number of hydrogen-bond donors (Lipinski definition) is 0. The van der Waals surface area contributed by atoms with E-state index in [4.69, 9.17) is 17.0 Å². The van der Waals surface area contributed by atoms with E-state index < -0.39 is 0 Å². The molecule has 1 aromatic carbocycles. The van der Waals surface area contributed by atoms with Crippen molar-refractivity contribution in [2.24, 2.45) is 0 Å². The molecular weight excluding hydrogens is 298 g/mol. The Bertz CT molecular complexity index is 640. The number of thiocarbonyl (C=S) groups is 1. The molecule has 1 aliphatic heterocycles. The van der Waals surface area contributed by atoms with E-state index in [0.29, 0.717) is 17.4 Å². The second-order valence-electron chi connectivity index (χ2n) is 5.24. The standard InChI is InChI=1S/C16H21N3O2S/c1-6-19-15(20)13(18(4)16(19)22)9-11-7-8-12(17(2)3)10-14(11)21-5/h7-10H,6H2,1-5H3. The van der Waals surface area contributed by atoms with Crippen molar-refractivity contribution < 1.29 is 9.53 Å². The first-order valence-electron chi connectivity index (χ1n) is 7.07. The minimum Gasteiger partial charge on any atom is -0.496 e. The Morgan fingerprint density at radius 1 is 1.36 bits per heavy atom. The number of benzene rings is 1. The average Bonchev–Trinajstić information content (AvgIpc) is 2.70. The zero-order valence-corrected chi connectivity index (χ0v) is 14.4. The number of carbonyl (C=O) groups is 1. The molecular formula is C16H21N3O2S. The summed E-state index contributed by atoms with van der Waals surface area (Å²) in [6.45, 7) is 2.48. The van der Waals surface area contributed by atoms with Crippen LogP contribution in [0.2, 0.25) is 0 Å².